The van der Waals surface area contributed by atoms with E-state index in [1.165, 1.54) is 12.1 Å². The molecule has 3 aromatic carbocycles. The molecule has 1 aromatic heterocycles. The second-order valence-corrected chi connectivity index (χ2v) is 7.45. The third kappa shape index (κ3) is 5.06. The van der Waals surface area contributed by atoms with Crippen LogP contribution in [0.1, 0.15) is 24.5 Å². The van der Waals surface area contributed by atoms with Gasteiger partial charge >= 0.3 is 5.97 Å². The molecule has 0 aliphatic carbocycles. The number of para-hydroxylation sites is 2. The molecular formula is C25H23FN2O4. The molecule has 6 nitrogen and oxygen atoms in total. The molecule has 0 radical (unpaired) electrons. The van der Waals surface area contributed by atoms with Gasteiger partial charge in [-0.25, -0.2) is 9.18 Å². The van der Waals surface area contributed by atoms with Gasteiger partial charge < -0.3 is 19.2 Å². The van der Waals surface area contributed by atoms with Crippen LogP contribution in [-0.2, 0) is 17.9 Å². The fourth-order valence-electron chi connectivity index (χ4n) is 3.41. The van der Waals surface area contributed by atoms with Crippen LogP contribution in [0.25, 0.3) is 11.1 Å². The number of fused-ring (bicyclic) bond motifs is 1. The molecule has 0 aliphatic heterocycles. The van der Waals surface area contributed by atoms with Gasteiger partial charge in [0.25, 0.3) is 6.01 Å². The molecule has 1 unspecified atom stereocenters. The van der Waals surface area contributed by atoms with E-state index >= 15 is 0 Å². The highest BCUT2D eigenvalue weighted by Crippen LogP contribution is 2.26. The summed E-state index contributed by atoms with van der Waals surface area (Å²) in [6, 6.07) is 21.5. The Hall–Kier alpha value is -3.87. The van der Waals surface area contributed by atoms with E-state index < -0.39 is 12.1 Å². The van der Waals surface area contributed by atoms with Crippen molar-refractivity contribution >= 4 is 23.1 Å². The van der Waals surface area contributed by atoms with E-state index in [0.29, 0.717) is 36.9 Å². The van der Waals surface area contributed by atoms with Crippen LogP contribution >= 0.6 is 0 Å². The summed E-state index contributed by atoms with van der Waals surface area (Å²) in [6.07, 6.45) is -0.545. The van der Waals surface area contributed by atoms with Crippen molar-refractivity contribution in [1.82, 2.24) is 4.98 Å². The molecule has 4 rings (SSSR count). The molecule has 0 aliphatic rings. The molecule has 7 heteroatoms. The van der Waals surface area contributed by atoms with Gasteiger partial charge in [-0.05, 0) is 53.9 Å². The predicted molar refractivity (Wildman–Crippen MR) is 119 cm³/mol. The fraction of sp³-hybridized carbons (Fsp3) is 0.200. The Labute approximate surface area is 184 Å². The maximum absolute atomic E-state index is 13.4. The summed E-state index contributed by atoms with van der Waals surface area (Å²) in [4.78, 5) is 17.9. The van der Waals surface area contributed by atoms with Gasteiger partial charge in [0.2, 0.25) is 0 Å². The van der Waals surface area contributed by atoms with Crippen LogP contribution in [0, 0.1) is 5.82 Å². The predicted octanol–water partition coefficient (Wildman–Crippen LogP) is 5.42. The van der Waals surface area contributed by atoms with E-state index in [1.807, 2.05) is 47.4 Å². The number of carboxylic acids is 1. The van der Waals surface area contributed by atoms with Crippen molar-refractivity contribution in [3.05, 3.63) is 89.7 Å². The molecule has 0 bridgehead atoms. The number of halogens is 1. The lowest BCUT2D eigenvalue weighted by atomic mass is 10.1. The molecule has 0 saturated heterocycles. The maximum Gasteiger partial charge on any atom is 0.344 e. The highest BCUT2D eigenvalue weighted by molar-refractivity contribution is 5.74. The van der Waals surface area contributed by atoms with Crippen LogP contribution in [0.15, 0.2) is 77.2 Å². The molecule has 1 atom stereocenters. The van der Waals surface area contributed by atoms with Crippen LogP contribution in [-0.4, -0.2) is 22.2 Å². The molecule has 0 amide bonds. The van der Waals surface area contributed by atoms with Gasteiger partial charge in [-0.15, -0.1) is 0 Å². The van der Waals surface area contributed by atoms with Crippen molar-refractivity contribution < 1.29 is 23.4 Å². The Morgan fingerprint density at radius 2 is 1.81 bits per heavy atom. The zero-order chi connectivity index (χ0) is 22.5. The molecule has 0 spiro atoms. The number of hydrogen-bond acceptors (Lipinski definition) is 5. The van der Waals surface area contributed by atoms with Crippen LogP contribution in [0.5, 0.6) is 5.75 Å². The number of carbonyl (C=O) groups is 1. The van der Waals surface area contributed by atoms with E-state index in [4.69, 9.17) is 9.15 Å². The topological polar surface area (TPSA) is 75.8 Å². The normalized spacial score (nSPS) is 11.9. The molecule has 32 heavy (non-hydrogen) atoms. The highest BCUT2D eigenvalue weighted by Gasteiger charge is 2.18. The van der Waals surface area contributed by atoms with Gasteiger partial charge in [-0.3, -0.25) is 0 Å². The van der Waals surface area contributed by atoms with Crippen LogP contribution < -0.4 is 9.64 Å². The number of hydrogen-bond donors (Lipinski definition) is 1. The smallest absolute Gasteiger partial charge is 0.344 e. The van der Waals surface area contributed by atoms with E-state index in [0.717, 1.165) is 16.6 Å². The number of aliphatic carboxylic acids is 1. The lowest BCUT2D eigenvalue weighted by Gasteiger charge is -2.21. The standard InChI is InChI=1S/C25H23FN2O4/c1-2-22(24(29)30)31-20-7-5-6-18(14-20)16-28(15-17-10-12-19(26)13-11-17)25-27-21-8-3-4-9-23(21)32-25/h3-14,22H,2,15-16H2,1H3,(H,29,30). The lowest BCUT2D eigenvalue weighted by molar-refractivity contribution is -0.145. The molecule has 4 aromatic rings. The zero-order valence-corrected chi connectivity index (χ0v) is 17.6. The van der Waals surface area contributed by atoms with Crippen molar-refractivity contribution in [3.63, 3.8) is 0 Å². The molecular weight excluding hydrogens is 411 g/mol. The third-order valence-corrected chi connectivity index (χ3v) is 5.04. The van der Waals surface area contributed by atoms with E-state index in [9.17, 15) is 14.3 Å². The van der Waals surface area contributed by atoms with Gasteiger partial charge in [0, 0.05) is 13.1 Å². The first kappa shape index (κ1) is 21.4. The zero-order valence-electron chi connectivity index (χ0n) is 17.6. The number of rotatable bonds is 9. The lowest BCUT2D eigenvalue weighted by Crippen LogP contribution is -2.26. The third-order valence-electron chi connectivity index (χ3n) is 5.04. The first-order valence-corrected chi connectivity index (χ1v) is 10.3. The number of carboxylic acid groups (broad SMARTS) is 1. The van der Waals surface area contributed by atoms with Gasteiger partial charge in [-0.2, -0.15) is 4.98 Å². The summed E-state index contributed by atoms with van der Waals surface area (Å²) >= 11 is 0. The average Bonchev–Trinajstić information content (AvgIpc) is 3.23. The van der Waals surface area contributed by atoms with Crippen molar-refractivity contribution in [2.45, 2.75) is 32.5 Å². The van der Waals surface area contributed by atoms with Crippen molar-refractivity contribution in [1.29, 1.82) is 0 Å². The minimum atomic E-state index is -0.998. The summed E-state index contributed by atoms with van der Waals surface area (Å²) in [5, 5.41) is 9.27. The number of oxazole rings is 1. The quantitative estimate of drug-likeness (QED) is 0.379. The van der Waals surface area contributed by atoms with Gasteiger partial charge in [0.15, 0.2) is 11.7 Å². The number of ether oxygens (including phenoxy) is 1. The number of anilines is 1. The summed E-state index contributed by atoms with van der Waals surface area (Å²) in [5.74, 6) is -0.811. The first-order valence-electron chi connectivity index (χ1n) is 10.3. The first-order chi connectivity index (χ1) is 15.5. The van der Waals surface area contributed by atoms with Gasteiger partial charge in [0.1, 0.15) is 17.1 Å². The van der Waals surface area contributed by atoms with Crippen LogP contribution in [0.3, 0.4) is 0 Å². The summed E-state index contributed by atoms with van der Waals surface area (Å²) in [6.45, 7) is 2.65. The molecule has 1 N–H and O–H groups in total. The summed E-state index contributed by atoms with van der Waals surface area (Å²) in [5.41, 5.74) is 3.22. The Kier molecular flexibility index (Phi) is 6.35. The fourth-order valence-corrected chi connectivity index (χ4v) is 3.41. The van der Waals surface area contributed by atoms with Crippen LogP contribution in [0.2, 0.25) is 0 Å². The van der Waals surface area contributed by atoms with Crippen molar-refractivity contribution in [3.8, 4) is 5.75 Å². The minimum Gasteiger partial charge on any atom is -0.479 e. The summed E-state index contributed by atoms with van der Waals surface area (Å²) in [7, 11) is 0. The van der Waals surface area contributed by atoms with Crippen molar-refractivity contribution in [2.75, 3.05) is 4.90 Å². The van der Waals surface area contributed by atoms with E-state index in [1.54, 1.807) is 25.1 Å². The molecule has 0 fully saturated rings. The number of nitrogens with zero attached hydrogens (tertiary/aromatic N) is 2. The largest absolute Gasteiger partial charge is 0.479 e. The Balaban J connectivity index is 1.62. The van der Waals surface area contributed by atoms with Crippen LogP contribution in [0.4, 0.5) is 10.4 Å². The average molecular weight is 434 g/mol. The van der Waals surface area contributed by atoms with E-state index in [2.05, 4.69) is 4.98 Å². The van der Waals surface area contributed by atoms with Gasteiger partial charge in [-0.1, -0.05) is 43.3 Å². The monoisotopic (exact) mass is 434 g/mol. The second-order valence-electron chi connectivity index (χ2n) is 7.45. The molecule has 0 saturated carbocycles. The molecule has 164 valence electrons. The summed E-state index contributed by atoms with van der Waals surface area (Å²) < 4.78 is 25.0. The Morgan fingerprint density at radius 3 is 2.53 bits per heavy atom. The second kappa shape index (κ2) is 9.51. The minimum absolute atomic E-state index is 0.295. The van der Waals surface area contributed by atoms with Crippen molar-refractivity contribution in [2.24, 2.45) is 0 Å². The van der Waals surface area contributed by atoms with E-state index in [-0.39, 0.29) is 5.82 Å². The Morgan fingerprint density at radius 1 is 1.06 bits per heavy atom. The van der Waals surface area contributed by atoms with Gasteiger partial charge in [0.05, 0.1) is 0 Å². The maximum atomic E-state index is 13.4. The Bertz CT molecular complexity index is 1170. The highest BCUT2D eigenvalue weighted by atomic mass is 19.1. The SMILES string of the molecule is CCC(Oc1cccc(CN(Cc2ccc(F)cc2)c2nc3ccccc3o2)c1)C(=O)O. The molecule has 1 heterocycles. The number of benzene rings is 3. The number of aromatic nitrogens is 1.